The molecule has 2 heterocycles. The van der Waals surface area contributed by atoms with Gasteiger partial charge < -0.3 is 14.4 Å². The number of aromatic nitrogens is 3. The minimum absolute atomic E-state index is 0.131. The molecule has 3 aromatic rings. The summed E-state index contributed by atoms with van der Waals surface area (Å²) in [6, 6.07) is 8.14. The maximum absolute atomic E-state index is 12.0. The van der Waals surface area contributed by atoms with E-state index in [1.54, 1.807) is 44.2 Å². The molecule has 0 radical (unpaired) electrons. The molecule has 0 fully saturated rings. The van der Waals surface area contributed by atoms with Crippen LogP contribution in [0.5, 0.6) is 0 Å². The topological polar surface area (TPSA) is 94.1 Å². The number of hydrogen-bond donors (Lipinski definition) is 1. The maximum atomic E-state index is 12.0. The number of carbonyl (C=O) groups excluding carboxylic acids is 1. The highest BCUT2D eigenvalue weighted by Gasteiger charge is 2.20. The van der Waals surface area contributed by atoms with Crippen molar-refractivity contribution < 1.29 is 13.8 Å². The summed E-state index contributed by atoms with van der Waals surface area (Å²) >= 11 is 5.85. The second kappa shape index (κ2) is 6.21. The van der Waals surface area contributed by atoms with Crippen molar-refractivity contribution in [1.29, 1.82) is 0 Å². The number of nitrogens with zero attached hydrogens (tertiary/aromatic N) is 3. The van der Waals surface area contributed by atoms with E-state index in [9.17, 15) is 4.79 Å². The summed E-state index contributed by atoms with van der Waals surface area (Å²) in [6.07, 6.45) is 0. The molecule has 0 aliphatic rings. The van der Waals surface area contributed by atoms with Crippen LogP contribution in [0.15, 0.2) is 39.4 Å². The Hall–Kier alpha value is -2.67. The van der Waals surface area contributed by atoms with Crippen molar-refractivity contribution in [2.75, 3.05) is 0 Å². The highest BCUT2D eigenvalue weighted by molar-refractivity contribution is 6.30. The van der Waals surface area contributed by atoms with Gasteiger partial charge in [0.25, 0.3) is 5.91 Å². The van der Waals surface area contributed by atoms with Crippen LogP contribution in [-0.2, 0) is 0 Å². The van der Waals surface area contributed by atoms with E-state index in [2.05, 4.69) is 20.6 Å². The number of hydrogen-bond acceptors (Lipinski definition) is 6. The molecule has 3 rings (SSSR count). The lowest BCUT2D eigenvalue weighted by atomic mass is 10.2. The first kappa shape index (κ1) is 15.2. The molecule has 23 heavy (non-hydrogen) atoms. The predicted octanol–water partition coefficient (Wildman–Crippen LogP) is 3.18. The van der Waals surface area contributed by atoms with E-state index in [4.69, 9.17) is 20.6 Å². The first-order valence-corrected chi connectivity index (χ1v) is 7.24. The smallest absolute Gasteiger partial charge is 0.290 e. The largest absolute Gasteiger partial charge is 0.351 e. The van der Waals surface area contributed by atoms with E-state index in [1.807, 2.05) is 0 Å². The van der Waals surface area contributed by atoms with Gasteiger partial charge in [-0.1, -0.05) is 21.9 Å². The van der Waals surface area contributed by atoms with Gasteiger partial charge in [-0.2, -0.15) is 4.98 Å². The van der Waals surface area contributed by atoms with E-state index in [0.717, 1.165) is 5.56 Å². The molecular weight excluding hydrogens is 320 g/mol. The van der Waals surface area contributed by atoms with Gasteiger partial charge in [-0.25, -0.2) is 0 Å². The van der Waals surface area contributed by atoms with Crippen molar-refractivity contribution in [3.63, 3.8) is 0 Å². The average molecular weight is 333 g/mol. The van der Waals surface area contributed by atoms with Crippen LogP contribution in [0, 0.1) is 6.92 Å². The van der Waals surface area contributed by atoms with Gasteiger partial charge in [0.05, 0.1) is 5.69 Å². The third-order valence-corrected chi connectivity index (χ3v) is 3.37. The number of aryl methyl sites for hydroxylation is 1. The van der Waals surface area contributed by atoms with Crippen LogP contribution in [0.25, 0.3) is 11.4 Å². The molecule has 7 nitrogen and oxygen atoms in total. The Morgan fingerprint density at radius 1 is 1.22 bits per heavy atom. The standard InChI is InChI=1S/C15H13ClN4O3/c1-8-7-12(22-19-8)14(21)17-9(2)15-18-13(20-23-15)10-3-5-11(16)6-4-10/h3-7,9H,1-2H3,(H,17,21). The van der Waals surface area contributed by atoms with Crippen LogP contribution in [0.1, 0.15) is 35.1 Å². The number of amides is 1. The molecule has 1 amide bonds. The second-order valence-corrected chi connectivity index (χ2v) is 5.43. The second-order valence-electron chi connectivity index (χ2n) is 4.99. The van der Waals surface area contributed by atoms with Gasteiger partial charge in [0.2, 0.25) is 17.5 Å². The van der Waals surface area contributed by atoms with Crippen molar-refractivity contribution in [1.82, 2.24) is 20.6 Å². The van der Waals surface area contributed by atoms with E-state index in [0.29, 0.717) is 22.4 Å². The summed E-state index contributed by atoms with van der Waals surface area (Å²) in [4.78, 5) is 16.3. The fourth-order valence-corrected chi connectivity index (χ4v) is 2.05. The third-order valence-electron chi connectivity index (χ3n) is 3.11. The summed E-state index contributed by atoms with van der Waals surface area (Å²) in [7, 11) is 0. The highest BCUT2D eigenvalue weighted by Crippen LogP contribution is 2.20. The zero-order valence-corrected chi connectivity index (χ0v) is 13.2. The van der Waals surface area contributed by atoms with Crippen LogP contribution in [-0.4, -0.2) is 21.2 Å². The SMILES string of the molecule is Cc1cc(C(=O)NC(C)c2nc(-c3ccc(Cl)cc3)no2)on1. The molecule has 0 saturated heterocycles. The van der Waals surface area contributed by atoms with Gasteiger partial charge >= 0.3 is 0 Å². The molecule has 8 heteroatoms. The maximum Gasteiger partial charge on any atom is 0.290 e. The van der Waals surface area contributed by atoms with E-state index >= 15 is 0 Å². The lowest BCUT2D eigenvalue weighted by Gasteiger charge is -2.07. The summed E-state index contributed by atoms with van der Waals surface area (Å²) in [6.45, 7) is 3.47. The van der Waals surface area contributed by atoms with Crippen molar-refractivity contribution in [2.45, 2.75) is 19.9 Å². The number of rotatable bonds is 4. The monoisotopic (exact) mass is 332 g/mol. The minimum Gasteiger partial charge on any atom is -0.351 e. The third kappa shape index (κ3) is 3.40. The average Bonchev–Trinajstić information content (AvgIpc) is 3.17. The number of carbonyl (C=O) groups is 1. The van der Waals surface area contributed by atoms with Crippen LogP contribution in [0.4, 0.5) is 0 Å². The molecule has 1 atom stereocenters. The van der Waals surface area contributed by atoms with Gasteiger partial charge in [0.15, 0.2) is 0 Å². The first-order chi connectivity index (χ1) is 11.0. The molecule has 0 saturated carbocycles. The molecule has 0 spiro atoms. The fourth-order valence-electron chi connectivity index (χ4n) is 1.93. The molecule has 0 aliphatic heterocycles. The number of nitrogens with one attached hydrogen (secondary N) is 1. The summed E-state index contributed by atoms with van der Waals surface area (Å²) in [5.41, 5.74) is 1.40. The number of benzene rings is 1. The zero-order chi connectivity index (χ0) is 16.4. The molecule has 0 aliphatic carbocycles. The van der Waals surface area contributed by atoms with Gasteiger partial charge in [-0.15, -0.1) is 0 Å². The predicted molar refractivity (Wildman–Crippen MR) is 81.9 cm³/mol. The molecule has 2 aromatic heterocycles. The van der Waals surface area contributed by atoms with E-state index < -0.39 is 11.9 Å². The Bertz CT molecular complexity index is 825. The normalized spacial score (nSPS) is 12.1. The van der Waals surface area contributed by atoms with Gasteiger partial charge in [0.1, 0.15) is 6.04 Å². The van der Waals surface area contributed by atoms with Gasteiger partial charge in [-0.05, 0) is 38.1 Å². The lowest BCUT2D eigenvalue weighted by molar-refractivity contribution is 0.0895. The minimum atomic E-state index is -0.471. The van der Waals surface area contributed by atoms with E-state index in [-0.39, 0.29) is 5.76 Å². The molecular formula is C15H13ClN4O3. The first-order valence-electron chi connectivity index (χ1n) is 6.86. The molecule has 1 N–H and O–H groups in total. The van der Waals surface area contributed by atoms with Crippen LogP contribution in [0.3, 0.4) is 0 Å². The highest BCUT2D eigenvalue weighted by atomic mass is 35.5. The summed E-state index contributed by atoms with van der Waals surface area (Å²) in [5, 5.41) is 10.9. The Morgan fingerprint density at radius 2 is 1.96 bits per heavy atom. The van der Waals surface area contributed by atoms with Crippen molar-refractivity contribution in [3.05, 3.63) is 52.7 Å². The van der Waals surface area contributed by atoms with Crippen molar-refractivity contribution >= 4 is 17.5 Å². The van der Waals surface area contributed by atoms with Gasteiger partial charge in [0, 0.05) is 16.7 Å². The van der Waals surface area contributed by atoms with Crippen LogP contribution < -0.4 is 5.32 Å². The molecule has 118 valence electrons. The Labute approximate surface area is 136 Å². The number of halogens is 1. The summed E-state index contributed by atoms with van der Waals surface area (Å²) in [5.74, 6) is 0.448. The van der Waals surface area contributed by atoms with Crippen LogP contribution in [0.2, 0.25) is 5.02 Å². The quantitative estimate of drug-likeness (QED) is 0.788. The van der Waals surface area contributed by atoms with Crippen molar-refractivity contribution in [3.8, 4) is 11.4 Å². The molecule has 1 unspecified atom stereocenters. The Morgan fingerprint density at radius 3 is 2.61 bits per heavy atom. The Kier molecular flexibility index (Phi) is 4.12. The zero-order valence-electron chi connectivity index (χ0n) is 12.4. The summed E-state index contributed by atoms with van der Waals surface area (Å²) < 4.78 is 10.1. The fraction of sp³-hybridized carbons (Fsp3) is 0.200. The van der Waals surface area contributed by atoms with Crippen LogP contribution >= 0.6 is 11.6 Å². The molecule has 0 bridgehead atoms. The van der Waals surface area contributed by atoms with Crippen molar-refractivity contribution in [2.24, 2.45) is 0 Å². The van der Waals surface area contributed by atoms with Gasteiger partial charge in [-0.3, -0.25) is 4.79 Å². The molecule has 1 aromatic carbocycles. The lowest BCUT2D eigenvalue weighted by Crippen LogP contribution is -2.26. The van der Waals surface area contributed by atoms with E-state index in [1.165, 1.54) is 0 Å². The Balaban J connectivity index is 1.72.